The molecule has 3 heterocycles. The summed E-state index contributed by atoms with van der Waals surface area (Å²) in [5, 5.41) is 16.6. The van der Waals surface area contributed by atoms with Crippen LogP contribution in [0.4, 0.5) is 23.0 Å². The maximum Gasteiger partial charge on any atom is 0.272 e. The van der Waals surface area contributed by atoms with Crippen LogP contribution in [0.15, 0.2) is 40.4 Å². The Morgan fingerprint density at radius 3 is 2.49 bits per heavy atom. The van der Waals surface area contributed by atoms with Gasteiger partial charge in [0.15, 0.2) is 22.5 Å². The quantitative estimate of drug-likeness (QED) is 0.281. The van der Waals surface area contributed by atoms with Crippen LogP contribution in [0.1, 0.15) is 41.9 Å². The van der Waals surface area contributed by atoms with Gasteiger partial charge in [-0.15, -0.1) is 0 Å². The number of hydrogen-bond acceptors (Lipinski definition) is 9. The summed E-state index contributed by atoms with van der Waals surface area (Å²) in [6.07, 6.45) is 3.65. The van der Waals surface area contributed by atoms with E-state index in [1.54, 1.807) is 0 Å². The summed E-state index contributed by atoms with van der Waals surface area (Å²) in [6.45, 7) is 3.74. The van der Waals surface area contributed by atoms with Crippen LogP contribution in [-0.4, -0.2) is 63.1 Å². The molecule has 0 spiro atoms. The van der Waals surface area contributed by atoms with Crippen molar-refractivity contribution in [3.05, 3.63) is 41.7 Å². The Labute approximate surface area is 219 Å². The molecular formula is C25H31N9O2S. The number of hydrogen-bond donors (Lipinski definition) is 5. The maximum absolute atomic E-state index is 13.2. The van der Waals surface area contributed by atoms with Crippen molar-refractivity contribution in [2.45, 2.75) is 48.7 Å². The van der Waals surface area contributed by atoms with Gasteiger partial charge < -0.3 is 26.6 Å². The summed E-state index contributed by atoms with van der Waals surface area (Å²) in [4.78, 5) is 37.5. The number of H-pyrrole nitrogens is 1. The number of likely N-dealkylation sites (tertiary alicyclic amines) is 1. The van der Waals surface area contributed by atoms with E-state index < -0.39 is 0 Å². The number of nitrogen functional groups attached to an aromatic ring is 1. The zero-order valence-corrected chi connectivity index (χ0v) is 21.7. The molecule has 2 fully saturated rings. The number of piperidine rings is 1. The van der Waals surface area contributed by atoms with Crippen molar-refractivity contribution in [2.24, 2.45) is 5.92 Å². The third kappa shape index (κ3) is 6.38. The minimum Gasteiger partial charge on any atom is -0.394 e. The fourth-order valence-electron chi connectivity index (χ4n) is 4.07. The Balaban J connectivity index is 1.36. The Bertz CT molecular complexity index is 1280. The number of anilines is 4. The van der Waals surface area contributed by atoms with Crippen LogP contribution in [0, 0.1) is 12.8 Å². The first-order chi connectivity index (χ1) is 17.8. The molecule has 6 N–H and O–H groups in total. The second kappa shape index (κ2) is 10.8. The SMILES string of the molecule is Cc1cc(Nc2nc(Sc3ccc(NC(=O)C4CC4)cc3)nc(C(=O)NC3CCN(C)CC3)c2N)n[nH]1. The molecule has 2 amide bonds. The van der Waals surface area contributed by atoms with Crippen molar-refractivity contribution in [2.75, 3.05) is 36.5 Å². The van der Waals surface area contributed by atoms with E-state index in [1.807, 2.05) is 37.3 Å². The topological polar surface area (TPSA) is 154 Å². The van der Waals surface area contributed by atoms with Crippen LogP contribution in [0.2, 0.25) is 0 Å². The monoisotopic (exact) mass is 521 g/mol. The highest BCUT2D eigenvalue weighted by Gasteiger charge is 2.29. The molecule has 12 heteroatoms. The van der Waals surface area contributed by atoms with Crippen LogP contribution in [-0.2, 0) is 4.79 Å². The Kier molecular flexibility index (Phi) is 7.28. The highest BCUT2D eigenvalue weighted by atomic mass is 32.2. The lowest BCUT2D eigenvalue weighted by molar-refractivity contribution is -0.117. The molecule has 1 saturated carbocycles. The largest absolute Gasteiger partial charge is 0.394 e. The van der Waals surface area contributed by atoms with Crippen molar-refractivity contribution < 1.29 is 9.59 Å². The lowest BCUT2D eigenvalue weighted by Gasteiger charge is -2.29. The Hall–Kier alpha value is -3.64. The molecule has 3 aromatic rings. The first-order valence-electron chi connectivity index (χ1n) is 12.4. The van der Waals surface area contributed by atoms with E-state index in [1.165, 1.54) is 11.8 Å². The summed E-state index contributed by atoms with van der Waals surface area (Å²) >= 11 is 1.31. The van der Waals surface area contributed by atoms with E-state index in [2.05, 4.69) is 48.1 Å². The number of nitrogens with one attached hydrogen (secondary N) is 4. The molecule has 2 aromatic heterocycles. The molecule has 37 heavy (non-hydrogen) atoms. The number of rotatable bonds is 8. The van der Waals surface area contributed by atoms with Gasteiger partial charge in [0.2, 0.25) is 5.91 Å². The molecule has 1 saturated heterocycles. The summed E-state index contributed by atoms with van der Waals surface area (Å²) in [5.41, 5.74) is 8.28. The molecule has 1 aliphatic heterocycles. The smallest absolute Gasteiger partial charge is 0.272 e. The minimum atomic E-state index is -0.323. The van der Waals surface area contributed by atoms with E-state index in [-0.39, 0.29) is 35.2 Å². The number of benzene rings is 1. The van der Waals surface area contributed by atoms with E-state index >= 15 is 0 Å². The second-order valence-corrected chi connectivity index (χ2v) is 10.7. The number of aryl methyl sites for hydroxylation is 1. The molecule has 0 unspecified atom stereocenters. The fraction of sp³-hybridized carbons (Fsp3) is 0.400. The molecule has 5 rings (SSSR count). The number of amides is 2. The van der Waals surface area contributed by atoms with Crippen molar-refractivity contribution in [3.63, 3.8) is 0 Å². The van der Waals surface area contributed by atoms with Crippen molar-refractivity contribution in [1.82, 2.24) is 30.4 Å². The molecule has 0 bridgehead atoms. The van der Waals surface area contributed by atoms with Gasteiger partial charge in [-0.1, -0.05) is 0 Å². The van der Waals surface area contributed by atoms with Crippen LogP contribution in [0.3, 0.4) is 0 Å². The van der Waals surface area contributed by atoms with Crippen LogP contribution in [0.5, 0.6) is 0 Å². The highest BCUT2D eigenvalue weighted by molar-refractivity contribution is 7.99. The third-order valence-corrected chi connectivity index (χ3v) is 7.30. The maximum atomic E-state index is 13.2. The first-order valence-corrected chi connectivity index (χ1v) is 13.2. The third-order valence-electron chi connectivity index (χ3n) is 6.43. The molecule has 194 valence electrons. The molecule has 0 atom stereocenters. The van der Waals surface area contributed by atoms with Crippen molar-refractivity contribution in [1.29, 1.82) is 0 Å². The lowest BCUT2D eigenvalue weighted by atomic mass is 10.1. The fourth-order valence-corrected chi connectivity index (χ4v) is 4.83. The van der Waals surface area contributed by atoms with Gasteiger partial charge in [-0.25, -0.2) is 9.97 Å². The standard InChI is InChI=1S/C25H31N9O2S/c1-14-13-19(33-32-14)29-22-20(26)21(24(36)28-17-9-11-34(2)12-10-17)30-25(31-22)37-18-7-5-16(6-8-18)27-23(35)15-3-4-15/h5-8,13,15,17H,3-4,9-12,26H2,1-2H3,(H,27,35)(H,28,36)(H2,29,30,31,32,33). The zero-order valence-electron chi connectivity index (χ0n) is 20.9. The number of carbonyl (C=O) groups excluding carboxylic acids is 2. The van der Waals surface area contributed by atoms with Gasteiger partial charge in [0.1, 0.15) is 5.69 Å². The zero-order chi connectivity index (χ0) is 25.9. The number of aromatic amines is 1. The van der Waals surface area contributed by atoms with Crippen molar-refractivity contribution in [3.8, 4) is 0 Å². The number of carbonyl (C=O) groups is 2. The summed E-state index contributed by atoms with van der Waals surface area (Å²) in [5.74, 6) is 0.727. The summed E-state index contributed by atoms with van der Waals surface area (Å²) in [7, 11) is 2.08. The van der Waals surface area contributed by atoms with E-state index in [9.17, 15) is 9.59 Å². The Morgan fingerprint density at radius 1 is 1.11 bits per heavy atom. The number of nitrogens with two attached hydrogens (primary N) is 1. The first kappa shape index (κ1) is 25.0. The highest BCUT2D eigenvalue weighted by Crippen LogP contribution is 2.33. The summed E-state index contributed by atoms with van der Waals surface area (Å²) in [6, 6.07) is 9.35. The van der Waals surface area contributed by atoms with Gasteiger partial charge in [0.05, 0.1) is 0 Å². The van der Waals surface area contributed by atoms with Crippen LogP contribution >= 0.6 is 11.8 Å². The molecule has 1 aliphatic carbocycles. The van der Waals surface area contributed by atoms with Gasteiger partial charge in [0, 0.05) is 34.3 Å². The van der Waals surface area contributed by atoms with Gasteiger partial charge in [-0.05, 0) is 88.8 Å². The van der Waals surface area contributed by atoms with Gasteiger partial charge in [0.25, 0.3) is 5.91 Å². The lowest BCUT2D eigenvalue weighted by Crippen LogP contribution is -2.43. The van der Waals surface area contributed by atoms with Crippen molar-refractivity contribution >= 4 is 46.6 Å². The van der Waals surface area contributed by atoms with Crippen LogP contribution < -0.4 is 21.7 Å². The van der Waals surface area contributed by atoms with Gasteiger partial charge in [-0.2, -0.15) is 5.10 Å². The molecule has 0 radical (unpaired) electrons. The predicted octanol–water partition coefficient (Wildman–Crippen LogP) is 3.16. The normalized spacial score (nSPS) is 16.4. The number of aromatic nitrogens is 4. The second-order valence-electron chi connectivity index (χ2n) is 9.62. The van der Waals surface area contributed by atoms with Crippen LogP contribution in [0.25, 0.3) is 0 Å². The minimum absolute atomic E-state index is 0.0619. The molecule has 1 aromatic carbocycles. The molecule has 11 nitrogen and oxygen atoms in total. The molecular weight excluding hydrogens is 490 g/mol. The van der Waals surface area contributed by atoms with Gasteiger partial charge >= 0.3 is 0 Å². The average molecular weight is 522 g/mol. The van der Waals surface area contributed by atoms with E-state index in [4.69, 9.17) is 5.73 Å². The van der Waals surface area contributed by atoms with Gasteiger partial charge in [-0.3, -0.25) is 14.7 Å². The van der Waals surface area contributed by atoms with E-state index in [0.29, 0.717) is 16.8 Å². The molecule has 2 aliphatic rings. The average Bonchev–Trinajstić information content (AvgIpc) is 3.65. The predicted molar refractivity (Wildman–Crippen MR) is 143 cm³/mol. The number of nitrogens with zero attached hydrogens (tertiary/aromatic N) is 4. The van der Waals surface area contributed by atoms with E-state index in [0.717, 1.165) is 55.0 Å². The Morgan fingerprint density at radius 2 is 1.84 bits per heavy atom. The summed E-state index contributed by atoms with van der Waals surface area (Å²) < 4.78 is 0.